The average Bonchev–Trinajstić information content (AvgIpc) is 3.45. The topological polar surface area (TPSA) is 108 Å². The Balaban J connectivity index is 1.80. The molecule has 3 heterocycles. The van der Waals surface area contributed by atoms with Crippen LogP contribution in [0.2, 0.25) is 5.02 Å². The molecule has 9 heteroatoms. The predicted octanol–water partition coefficient (Wildman–Crippen LogP) is 6.18. The first-order valence-electron chi connectivity index (χ1n) is 12.4. The third kappa shape index (κ3) is 4.39. The number of nitriles is 2. The highest BCUT2D eigenvalue weighted by molar-refractivity contribution is 6.31. The van der Waals surface area contributed by atoms with Crippen molar-refractivity contribution in [2.75, 3.05) is 12.0 Å². The molecule has 5 rings (SSSR count). The number of hydrogen-bond acceptors (Lipinski definition) is 6. The van der Waals surface area contributed by atoms with Gasteiger partial charge >= 0.3 is 0 Å². The van der Waals surface area contributed by atoms with Gasteiger partial charge in [-0.3, -0.25) is 9.69 Å². The summed E-state index contributed by atoms with van der Waals surface area (Å²) in [7, 11) is 1.53. The normalized spacial score (nSPS) is 14.3. The highest BCUT2D eigenvalue weighted by Gasteiger charge is 2.45. The summed E-state index contributed by atoms with van der Waals surface area (Å²) >= 11 is 6.38. The highest BCUT2D eigenvalue weighted by atomic mass is 35.5. The zero-order valence-electron chi connectivity index (χ0n) is 21.9. The Bertz CT molecular complexity index is 1680. The summed E-state index contributed by atoms with van der Waals surface area (Å²) in [6, 6.07) is 18.2. The lowest BCUT2D eigenvalue weighted by molar-refractivity contribution is 0.0989. The summed E-state index contributed by atoms with van der Waals surface area (Å²) in [5.74, 6) is 0.631. The predicted molar refractivity (Wildman–Crippen MR) is 148 cm³/mol. The van der Waals surface area contributed by atoms with Crippen LogP contribution in [0.1, 0.15) is 64.4 Å². The van der Waals surface area contributed by atoms with Gasteiger partial charge < -0.3 is 9.30 Å². The molecule has 8 nitrogen and oxygen atoms in total. The van der Waals surface area contributed by atoms with Crippen LogP contribution in [-0.4, -0.2) is 27.6 Å². The Morgan fingerprint density at radius 3 is 2.51 bits per heavy atom. The van der Waals surface area contributed by atoms with E-state index in [1.165, 1.54) is 7.11 Å². The molecule has 1 aliphatic rings. The third-order valence-corrected chi connectivity index (χ3v) is 7.05. The van der Waals surface area contributed by atoms with Gasteiger partial charge in [-0.05, 0) is 67.8 Å². The number of anilines is 1. The molecule has 1 amide bonds. The first kappa shape index (κ1) is 26.0. The van der Waals surface area contributed by atoms with Crippen molar-refractivity contribution >= 4 is 23.2 Å². The second-order valence-corrected chi connectivity index (χ2v) is 10.0. The fourth-order valence-electron chi connectivity index (χ4n) is 5.07. The standard InChI is InChI=1S/C30H25ClN6O2/c1-17(2)36-27-25(35-28(36)23-13-20(11-12-32)16-34-29(23)39-4)30(38)37(24-14-22(31)10-5-18(24)3)26(27)21-8-6-19(15-33)7-9-21/h5-10,13-14,16-17,26H,11H2,1-4H3. The molecule has 194 valence electrons. The number of carbonyl (C=O) groups is 1. The number of amides is 1. The maximum atomic E-state index is 14.2. The Morgan fingerprint density at radius 1 is 1.13 bits per heavy atom. The number of rotatable bonds is 6. The van der Waals surface area contributed by atoms with Gasteiger partial charge in [-0.15, -0.1) is 0 Å². The highest BCUT2D eigenvalue weighted by Crippen LogP contribution is 2.46. The number of imidazole rings is 1. The van der Waals surface area contributed by atoms with E-state index in [0.717, 1.165) is 22.4 Å². The molecule has 4 aromatic rings. The van der Waals surface area contributed by atoms with Gasteiger partial charge in [-0.25, -0.2) is 9.97 Å². The van der Waals surface area contributed by atoms with Crippen LogP contribution in [0.5, 0.6) is 5.88 Å². The SMILES string of the molecule is COc1ncc(CC#N)cc1-c1nc2c(n1C(C)C)C(c1ccc(C#N)cc1)N(c1cc(Cl)ccc1C)C2=O. The molecular formula is C30H25ClN6O2. The van der Waals surface area contributed by atoms with Crippen LogP contribution in [-0.2, 0) is 6.42 Å². The molecule has 0 radical (unpaired) electrons. The number of methoxy groups -OCH3 is 1. The van der Waals surface area contributed by atoms with Crippen LogP contribution in [0.25, 0.3) is 11.4 Å². The number of hydrogen-bond donors (Lipinski definition) is 0. The lowest BCUT2D eigenvalue weighted by atomic mass is 10.0. The maximum absolute atomic E-state index is 14.2. The average molecular weight is 537 g/mol. The van der Waals surface area contributed by atoms with Crippen molar-refractivity contribution in [3.05, 3.63) is 93.4 Å². The molecule has 0 saturated heterocycles. The summed E-state index contributed by atoms with van der Waals surface area (Å²) in [5, 5.41) is 19.1. The summed E-state index contributed by atoms with van der Waals surface area (Å²) in [4.78, 5) is 25.2. The van der Waals surface area contributed by atoms with E-state index in [2.05, 4.69) is 17.1 Å². The molecule has 1 atom stereocenters. The van der Waals surface area contributed by atoms with Crippen LogP contribution in [0.3, 0.4) is 0 Å². The molecule has 0 saturated carbocycles. The number of fused-ring (bicyclic) bond motifs is 1. The van der Waals surface area contributed by atoms with Crippen molar-refractivity contribution in [3.8, 4) is 29.4 Å². The fraction of sp³-hybridized carbons (Fsp3) is 0.233. The van der Waals surface area contributed by atoms with E-state index in [4.69, 9.17) is 21.3 Å². The van der Waals surface area contributed by atoms with Crippen LogP contribution >= 0.6 is 11.6 Å². The number of aryl methyl sites for hydroxylation is 1. The minimum absolute atomic E-state index is 0.0883. The van der Waals surface area contributed by atoms with Crippen LogP contribution in [0, 0.1) is 29.6 Å². The zero-order valence-corrected chi connectivity index (χ0v) is 22.7. The third-order valence-electron chi connectivity index (χ3n) is 6.81. The minimum Gasteiger partial charge on any atom is -0.480 e. The molecule has 0 spiro atoms. The van der Waals surface area contributed by atoms with Gasteiger partial charge in [0, 0.05) is 22.9 Å². The molecule has 0 N–H and O–H groups in total. The fourth-order valence-corrected chi connectivity index (χ4v) is 5.24. The van der Waals surface area contributed by atoms with E-state index in [-0.39, 0.29) is 18.4 Å². The van der Waals surface area contributed by atoms with E-state index in [1.807, 2.05) is 49.6 Å². The van der Waals surface area contributed by atoms with Gasteiger partial charge in [0.15, 0.2) is 5.69 Å². The minimum atomic E-state index is -0.526. The first-order chi connectivity index (χ1) is 18.8. The second kappa shape index (κ2) is 10.2. The number of nitrogens with zero attached hydrogens (tertiary/aromatic N) is 6. The molecule has 0 aliphatic carbocycles. The summed E-state index contributed by atoms with van der Waals surface area (Å²) in [5.41, 5.74) is 5.30. The molecule has 0 bridgehead atoms. The molecule has 2 aromatic carbocycles. The van der Waals surface area contributed by atoms with Gasteiger partial charge in [0.25, 0.3) is 5.91 Å². The van der Waals surface area contributed by atoms with Gasteiger partial charge in [0.2, 0.25) is 5.88 Å². The Kier molecular flexibility index (Phi) is 6.82. The maximum Gasteiger partial charge on any atom is 0.279 e. The van der Waals surface area contributed by atoms with Crippen molar-refractivity contribution in [2.45, 2.75) is 39.3 Å². The molecule has 1 aliphatic heterocycles. The lowest BCUT2D eigenvalue weighted by Crippen LogP contribution is -2.31. The number of benzene rings is 2. The summed E-state index contributed by atoms with van der Waals surface area (Å²) < 4.78 is 7.60. The van der Waals surface area contributed by atoms with Gasteiger partial charge in [0.05, 0.1) is 42.5 Å². The van der Waals surface area contributed by atoms with E-state index in [1.54, 1.807) is 35.4 Å². The molecule has 39 heavy (non-hydrogen) atoms. The zero-order chi connectivity index (χ0) is 27.8. The molecule has 2 aromatic heterocycles. The van der Waals surface area contributed by atoms with Gasteiger partial charge in [0.1, 0.15) is 11.9 Å². The van der Waals surface area contributed by atoms with E-state index in [9.17, 15) is 15.3 Å². The smallest absolute Gasteiger partial charge is 0.279 e. The monoisotopic (exact) mass is 536 g/mol. The Hall–Kier alpha value is -4.66. The van der Waals surface area contributed by atoms with E-state index >= 15 is 0 Å². The summed E-state index contributed by atoms with van der Waals surface area (Å²) in [6.45, 7) is 5.99. The lowest BCUT2D eigenvalue weighted by Gasteiger charge is -2.29. The number of pyridine rings is 1. The number of ether oxygens (including phenoxy) is 1. The number of aromatic nitrogens is 3. The van der Waals surface area contributed by atoms with Crippen molar-refractivity contribution in [1.29, 1.82) is 10.5 Å². The number of carbonyl (C=O) groups excluding carboxylic acids is 1. The van der Waals surface area contributed by atoms with E-state index in [0.29, 0.717) is 39.2 Å². The number of halogens is 1. The van der Waals surface area contributed by atoms with Crippen molar-refractivity contribution in [2.24, 2.45) is 0 Å². The molecule has 0 fully saturated rings. The van der Waals surface area contributed by atoms with Crippen LogP contribution in [0.4, 0.5) is 5.69 Å². The summed E-state index contributed by atoms with van der Waals surface area (Å²) in [6.07, 6.45) is 1.79. The molecular weight excluding hydrogens is 512 g/mol. The Labute approximate surface area is 231 Å². The van der Waals surface area contributed by atoms with Crippen LogP contribution in [0.15, 0.2) is 54.7 Å². The quantitative estimate of drug-likeness (QED) is 0.291. The largest absolute Gasteiger partial charge is 0.480 e. The second-order valence-electron chi connectivity index (χ2n) is 9.61. The van der Waals surface area contributed by atoms with Gasteiger partial charge in [-0.2, -0.15) is 10.5 Å². The Morgan fingerprint density at radius 2 is 1.87 bits per heavy atom. The molecule has 1 unspecified atom stereocenters. The van der Waals surface area contributed by atoms with Gasteiger partial charge in [-0.1, -0.05) is 29.8 Å². The first-order valence-corrected chi connectivity index (χ1v) is 12.8. The van der Waals surface area contributed by atoms with Crippen molar-refractivity contribution in [3.63, 3.8) is 0 Å². The van der Waals surface area contributed by atoms with Crippen molar-refractivity contribution in [1.82, 2.24) is 14.5 Å². The van der Waals surface area contributed by atoms with Crippen LogP contribution < -0.4 is 9.64 Å². The van der Waals surface area contributed by atoms with Crippen molar-refractivity contribution < 1.29 is 9.53 Å². The van der Waals surface area contributed by atoms with E-state index < -0.39 is 6.04 Å².